The molecule has 1 atom stereocenters. The van der Waals surface area contributed by atoms with Gasteiger partial charge >= 0.3 is 5.97 Å². The van der Waals surface area contributed by atoms with Gasteiger partial charge in [-0.2, -0.15) is 0 Å². The minimum atomic E-state index is -0.184. The van der Waals surface area contributed by atoms with E-state index in [9.17, 15) is 4.79 Å². The number of esters is 1. The van der Waals surface area contributed by atoms with E-state index in [2.05, 4.69) is 11.9 Å². The van der Waals surface area contributed by atoms with Crippen LogP contribution in [-0.2, 0) is 9.53 Å². The third-order valence-electron chi connectivity index (χ3n) is 4.11. The fourth-order valence-electron chi connectivity index (χ4n) is 2.93. The van der Waals surface area contributed by atoms with Crippen LogP contribution < -0.4 is 0 Å². The van der Waals surface area contributed by atoms with Gasteiger partial charge in [-0.05, 0) is 25.5 Å². The van der Waals surface area contributed by atoms with Crippen LogP contribution in [0.25, 0.3) is 0 Å². The van der Waals surface area contributed by atoms with Gasteiger partial charge in [0.1, 0.15) is 0 Å². The summed E-state index contributed by atoms with van der Waals surface area (Å²) in [5.74, 6) is -0.326. The number of likely N-dealkylation sites (N-methyl/N-ethyl adjacent to an activating group) is 1. The van der Waals surface area contributed by atoms with Crippen LogP contribution >= 0.6 is 0 Å². The van der Waals surface area contributed by atoms with E-state index in [4.69, 9.17) is 4.74 Å². The summed E-state index contributed by atoms with van der Waals surface area (Å²) in [5.41, 5.74) is 1.04. The molecule has 3 heteroatoms. The maximum Gasteiger partial charge on any atom is 0.314 e. The Morgan fingerprint density at radius 3 is 2.53 bits per heavy atom. The van der Waals surface area contributed by atoms with E-state index >= 15 is 0 Å². The van der Waals surface area contributed by atoms with Gasteiger partial charge in [-0.3, -0.25) is 4.79 Å². The highest BCUT2D eigenvalue weighted by molar-refractivity contribution is 5.78. The van der Waals surface area contributed by atoms with Crippen molar-refractivity contribution in [2.45, 2.75) is 37.6 Å². The zero-order valence-electron chi connectivity index (χ0n) is 11.8. The van der Waals surface area contributed by atoms with Crippen LogP contribution in [-0.4, -0.2) is 37.6 Å². The predicted molar refractivity (Wildman–Crippen MR) is 76.1 cm³/mol. The molecule has 0 aliphatic heterocycles. The number of nitrogens with zero attached hydrogens (tertiary/aromatic N) is 1. The molecule has 1 aliphatic carbocycles. The number of hydrogen-bond donors (Lipinski definition) is 0. The van der Waals surface area contributed by atoms with Crippen molar-refractivity contribution >= 4 is 5.97 Å². The second-order valence-corrected chi connectivity index (χ2v) is 5.36. The molecule has 19 heavy (non-hydrogen) atoms. The van der Waals surface area contributed by atoms with E-state index in [0.717, 1.165) is 12.1 Å². The summed E-state index contributed by atoms with van der Waals surface area (Å²) in [5, 5.41) is 0. The number of carbonyl (C=O) groups is 1. The van der Waals surface area contributed by atoms with Crippen LogP contribution in [0.3, 0.4) is 0 Å². The number of carbonyl (C=O) groups excluding carboxylic acids is 1. The normalized spacial score (nSPS) is 17.6. The van der Waals surface area contributed by atoms with Gasteiger partial charge in [-0.1, -0.05) is 43.2 Å². The molecule has 0 aromatic heterocycles. The Bertz CT molecular complexity index is 398. The molecule has 0 N–H and O–H groups in total. The molecular formula is C16H23NO2. The maximum absolute atomic E-state index is 12.0. The first-order chi connectivity index (χ1) is 9.22. The maximum atomic E-state index is 12.0. The van der Waals surface area contributed by atoms with E-state index in [1.54, 1.807) is 0 Å². The Balaban J connectivity index is 2.08. The Morgan fingerprint density at radius 2 is 1.95 bits per heavy atom. The third kappa shape index (κ3) is 3.57. The van der Waals surface area contributed by atoms with Gasteiger partial charge in [0.2, 0.25) is 0 Å². The lowest BCUT2D eigenvalue weighted by Gasteiger charge is -2.27. The van der Waals surface area contributed by atoms with Gasteiger partial charge in [-0.25, -0.2) is 0 Å². The molecule has 1 unspecified atom stereocenters. The molecule has 0 saturated heterocycles. The molecule has 0 spiro atoms. The van der Waals surface area contributed by atoms with Gasteiger partial charge in [0, 0.05) is 12.6 Å². The standard InChI is InChI=1S/C16H23NO2/c1-17(14-10-6-7-11-14)12-15(16(18)19-2)13-8-4-3-5-9-13/h3-5,8-9,14-15H,6-7,10-12H2,1-2H3. The van der Waals surface area contributed by atoms with Crippen LogP contribution in [0.2, 0.25) is 0 Å². The summed E-state index contributed by atoms with van der Waals surface area (Å²) in [7, 11) is 3.59. The smallest absolute Gasteiger partial charge is 0.314 e. The summed E-state index contributed by atoms with van der Waals surface area (Å²) < 4.78 is 4.96. The summed E-state index contributed by atoms with van der Waals surface area (Å²) in [6.45, 7) is 0.737. The van der Waals surface area contributed by atoms with Crippen LogP contribution in [0.4, 0.5) is 0 Å². The Hall–Kier alpha value is -1.35. The first-order valence-corrected chi connectivity index (χ1v) is 7.05. The van der Waals surface area contributed by atoms with E-state index in [-0.39, 0.29) is 11.9 Å². The molecule has 2 rings (SSSR count). The largest absolute Gasteiger partial charge is 0.469 e. The van der Waals surface area contributed by atoms with Crippen molar-refractivity contribution in [2.75, 3.05) is 20.7 Å². The van der Waals surface area contributed by atoms with Crippen molar-refractivity contribution in [3.05, 3.63) is 35.9 Å². The van der Waals surface area contributed by atoms with E-state index < -0.39 is 0 Å². The topological polar surface area (TPSA) is 29.5 Å². The molecule has 1 fully saturated rings. The van der Waals surface area contributed by atoms with Gasteiger partial charge in [0.05, 0.1) is 13.0 Å². The molecule has 1 aliphatic rings. The Kier molecular flexibility index (Phi) is 4.97. The minimum Gasteiger partial charge on any atom is -0.469 e. The van der Waals surface area contributed by atoms with Crippen LogP contribution in [0.15, 0.2) is 30.3 Å². The summed E-state index contributed by atoms with van der Waals surface area (Å²) in [6.07, 6.45) is 5.12. The number of methoxy groups -OCH3 is 1. The fourth-order valence-corrected chi connectivity index (χ4v) is 2.93. The second-order valence-electron chi connectivity index (χ2n) is 5.36. The highest BCUT2D eigenvalue weighted by Gasteiger charge is 2.27. The molecule has 1 saturated carbocycles. The van der Waals surface area contributed by atoms with E-state index in [0.29, 0.717) is 6.04 Å². The van der Waals surface area contributed by atoms with Crippen molar-refractivity contribution in [2.24, 2.45) is 0 Å². The third-order valence-corrected chi connectivity index (χ3v) is 4.11. The number of ether oxygens (including phenoxy) is 1. The zero-order chi connectivity index (χ0) is 13.7. The van der Waals surface area contributed by atoms with Gasteiger partial charge in [0.15, 0.2) is 0 Å². The first kappa shape index (κ1) is 14.1. The van der Waals surface area contributed by atoms with Crippen molar-refractivity contribution in [1.82, 2.24) is 4.90 Å². The highest BCUT2D eigenvalue weighted by Crippen LogP contribution is 2.25. The summed E-state index contributed by atoms with van der Waals surface area (Å²) in [6, 6.07) is 10.5. The van der Waals surface area contributed by atoms with Crippen LogP contribution in [0.1, 0.15) is 37.2 Å². The van der Waals surface area contributed by atoms with Gasteiger partial charge in [-0.15, -0.1) is 0 Å². The number of hydrogen-bond acceptors (Lipinski definition) is 3. The van der Waals surface area contributed by atoms with Crippen molar-refractivity contribution < 1.29 is 9.53 Å². The Morgan fingerprint density at radius 1 is 1.32 bits per heavy atom. The summed E-state index contributed by atoms with van der Waals surface area (Å²) in [4.78, 5) is 14.3. The molecule has 1 aromatic carbocycles. The number of rotatable bonds is 5. The van der Waals surface area contributed by atoms with E-state index in [1.807, 2.05) is 30.3 Å². The minimum absolute atomic E-state index is 0.143. The van der Waals surface area contributed by atoms with Crippen LogP contribution in [0.5, 0.6) is 0 Å². The van der Waals surface area contributed by atoms with Crippen molar-refractivity contribution in [3.63, 3.8) is 0 Å². The van der Waals surface area contributed by atoms with Gasteiger partial charge < -0.3 is 9.64 Å². The monoisotopic (exact) mass is 261 g/mol. The molecular weight excluding hydrogens is 238 g/mol. The average Bonchev–Trinajstić information content (AvgIpc) is 2.99. The quantitative estimate of drug-likeness (QED) is 0.763. The summed E-state index contributed by atoms with van der Waals surface area (Å²) >= 11 is 0. The molecule has 104 valence electrons. The molecule has 0 amide bonds. The van der Waals surface area contributed by atoms with Crippen molar-refractivity contribution in [3.8, 4) is 0 Å². The fraction of sp³-hybridized carbons (Fsp3) is 0.562. The molecule has 0 heterocycles. The molecule has 3 nitrogen and oxygen atoms in total. The molecule has 0 radical (unpaired) electrons. The SMILES string of the molecule is COC(=O)C(CN(C)C1CCCC1)c1ccccc1. The predicted octanol–water partition coefficient (Wildman–Crippen LogP) is 2.82. The average molecular weight is 261 g/mol. The zero-order valence-corrected chi connectivity index (χ0v) is 11.8. The van der Waals surface area contributed by atoms with Crippen LogP contribution in [0, 0.1) is 0 Å². The number of benzene rings is 1. The molecule has 1 aromatic rings. The first-order valence-electron chi connectivity index (χ1n) is 7.05. The lowest BCUT2D eigenvalue weighted by Crippen LogP contribution is -2.35. The second kappa shape index (κ2) is 6.71. The van der Waals surface area contributed by atoms with E-state index in [1.165, 1.54) is 32.8 Å². The lowest BCUT2D eigenvalue weighted by molar-refractivity contribution is -0.143. The Labute approximate surface area is 115 Å². The highest BCUT2D eigenvalue weighted by atomic mass is 16.5. The lowest BCUT2D eigenvalue weighted by atomic mass is 9.98. The van der Waals surface area contributed by atoms with Gasteiger partial charge in [0.25, 0.3) is 0 Å². The molecule has 0 bridgehead atoms. The van der Waals surface area contributed by atoms with Crippen molar-refractivity contribution in [1.29, 1.82) is 0 Å².